The van der Waals surface area contributed by atoms with Crippen molar-refractivity contribution in [3.05, 3.63) is 41.6 Å². The minimum atomic E-state index is -0.439. The molecule has 0 aliphatic rings. The van der Waals surface area contributed by atoms with Crippen LogP contribution in [0.2, 0.25) is 0 Å². The van der Waals surface area contributed by atoms with Gasteiger partial charge < -0.3 is 5.11 Å². The number of aliphatic imine (C=N–C) groups is 1. The number of carbonyl (C=O) groups excluding carboxylic acids is 1. The van der Waals surface area contributed by atoms with Crippen molar-refractivity contribution in [1.29, 1.82) is 0 Å². The summed E-state index contributed by atoms with van der Waals surface area (Å²) in [6, 6.07) is 9.51. The zero-order chi connectivity index (χ0) is 13.8. The Morgan fingerprint density at radius 3 is 2.63 bits per heavy atom. The summed E-state index contributed by atoms with van der Waals surface area (Å²) in [7, 11) is 0. The smallest absolute Gasteiger partial charge is 0.342 e. The number of nitrogens with zero attached hydrogens (tertiary/aromatic N) is 3. The third-order valence-corrected chi connectivity index (χ3v) is 2.45. The first-order valence-electron chi connectivity index (χ1n) is 5.75. The summed E-state index contributed by atoms with van der Waals surface area (Å²) in [4.78, 5) is 15.3. The Kier molecular flexibility index (Phi) is 3.70. The average Bonchev–Trinajstić information content (AvgIpc) is 2.72. The highest BCUT2D eigenvalue weighted by molar-refractivity contribution is 5.94. The van der Waals surface area contributed by atoms with Gasteiger partial charge in [-0.25, -0.2) is 4.99 Å². The number of ketones is 1. The molecular formula is C13H13N3O3. The second kappa shape index (κ2) is 5.43. The first-order chi connectivity index (χ1) is 9.08. The van der Waals surface area contributed by atoms with Crippen molar-refractivity contribution in [2.45, 2.75) is 20.4 Å². The van der Waals surface area contributed by atoms with Crippen LogP contribution in [0.4, 0.5) is 5.88 Å². The van der Waals surface area contributed by atoms with Gasteiger partial charge in [0.1, 0.15) is 0 Å². The van der Waals surface area contributed by atoms with Crippen LogP contribution in [-0.2, 0) is 6.54 Å². The largest absolute Gasteiger partial charge is 0.862 e. The van der Waals surface area contributed by atoms with Crippen LogP contribution in [0.5, 0.6) is 0 Å². The lowest BCUT2D eigenvalue weighted by atomic mass is 10.2. The van der Waals surface area contributed by atoms with Crippen LogP contribution in [0.3, 0.4) is 0 Å². The minimum Gasteiger partial charge on any atom is -0.862 e. The second-order valence-electron chi connectivity index (χ2n) is 4.06. The van der Waals surface area contributed by atoms with Gasteiger partial charge in [-0.3, -0.25) is 9.32 Å². The molecule has 98 valence electrons. The molecule has 2 rings (SSSR count). The molecule has 0 aliphatic heterocycles. The first kappa shape index (κ1) is 12.9. The number of aromatic nitrogens is 2. The van der Waals surface area contributed by atoms with Crippen molar-refractivity contribution in [1.82, 2.24) is 5.27 Å². The van der Waals surface area contributed by atoms with Gasteiger partial charge in [-0.1, -0.05) is 30.3 Å². The fraction of sp³-hybridized carbons (Fsp3) is 0.231. The summed E-state index contributed by atoms with van der Waals surface area (Å²) < 4.78 is 6.35. The molecule has 0 fully saturated rings. The summed E-state index contributed by atoms with van der Waals surface area (Å²) in [6.07, 6.45) is 0. The molecule has 0 amide bonds. The van der Waals surface area contributed by atoms with E-state index < -0.39 is 5.90 Å². The standard InChI is InChI=1S/C13H13N3O3/c1-9(17)12-13(14-10(2)18)19-15-16(12)8-11-6-4-3-5-7-11/h3-7H,8H2,1-2H3. The van der Waals surface area contributed by atoms with Crippen LogP contribution in [0.1, 0.15) is 29.9 Å². The minimum absolute atomic E-state index is 0.0454. The fourth-order valence-electron chi connectivity index (χ4n) is 1.70. The van der Waals surface area contributed by atoms with Gasteiger partial charge in [-0.05, 0) is 17.5 Å². The average molecular weight is 259 g/mol. The molecule has 0 spiro atoms. The van der Waals surface area contributed by atoms with Crippen LogP contribution in [0, 0.1) is 0 Å². The van der Waals surface area contributed by atoms with E-state index in [-0.39, 0.29) is 17.4 Å². The molecule has 0 bridgehead atoms. The van der Waals surface area contributed by atoms with Crippen molar-refractivity contribution in [2.75, 3.05) is 0 Å². The maximum absolute atomic E-state index is 11.6. The molecule has 0 unspecified atom stereocenters. The molecule has 0 atom stereocenters. The van der Waals surface area contributed by atoms with E-state index in [0.717, 1.165) is 5.56 Å². The zero-order valence-electron chi connectivity index (χ0n) is 10.7. The first-order valence-corrected chi connectivity index (χ1v) is 5.75. The zero-order valence-corrected chi connectivity index (χ0v) is 10.7. The van der Waals surface area contributed by atoms with Gasteiger partial charge in [0.15, 0.2) is 0 Å². The number of carbonyl (C=O) groups is 1. The molecule has 0 N–H and O–H groups in total. The second-order valence-corrected chi connectivity index (χ2v) is 4.06. The predicted octanol–water partition coefficient (Wildman–Crippen LogP) is 0.623. The Morgan fingerprint density at radius 2 is 2.05 bits per heavy atom. The molecule has 0 aliphatic carbocycles. The van der Waals surface area contributed by atoms with Crippen LogP contribution in [-0.4, -0.2) is 17.0 Å². The van der Waals surface area contributed by atoms with E-state index in [1.54, 1.807) is 0 Å². The molecule has 6 heteroatoms. The molecular weight excluding hydrogens is 246 g/mol. The van der Waals surface area contributed by atoms with Crippen LogP contribution in [0.15, 0.2) is 39.8 Å². The molecule has 6 nitrogen and oxygen atoms in total. The maximum Gasteiger partial charge on any atom is 0.342 e. The van der Waals surface area contributed by atoms with Gasteiger partial charge >= 0.3 is 11.6 Å². The quantitative estimate of drug-likeness (QED) is 0.349. The molecule has 1 aromatic heterocycles. The van der Waals surface area contributed by atoms with Gasteiger partial charge in [0, 0.05) is 12.5 Å². The number of hydrogen-bond acceptors (Lipinski definition) is 5. The van der Waals surface area contributed by atoms with Crippen LogP contribution in [0.25, 0.3) is 0 Å². The third kappa shape index (κ3) is 3.04. The Morgan fingerprint density at radius 1 is 1.37 bits per heavy atom. The Bertz CT molecular complexity index is 613. The topological polar surface area (TPSA) is 82.4 Å². The van der Waals surface area contributed by atoms with Gasteiger partial charge in [0.2, 0.25) is 17.6 Å². The highest BCUT2D eigenvalue weighted by Crippen LogP contribution is 2.15. The Balaban J connectivity index is 2.39. The molecule has 0 saturated carbocycles. The summed E-state index contributed by atoms with van der Waals surface area (Å²) in [5.74, 6) is -0.737. The van der Waals surface area contributed by atoms with E-state index in [1.807, 2.05) is 30.3 Å². The lowest BCUT2D eigenvalue weighted by Gasteiger charge is -1.98. The van der Waals surface area contributed by atoms with Crippen molar-refractivity contribution < 1.29 is 19.1 Å². The van der Waals surface area contributed by atoms with Crippen molar-refractivity contribution in [2.24, 2.45) is 4.99 Å². The number of hydrogen-bond donors (Lipinski definition) is 0. The van der Waals surface area contributed by atoms with Crippen molar-refractivity contribution in [3.63, 3.8) is 0 Å². The molecule has 19 heavy (non-hydrogen) atoms. The fourth-order valence-corrected chi connectivity index (χ4v) is 1.70. The van der Waals surface area contributed by atoms with Crippen LogP contribution >= 0.6 is 0 Å². The number of Topliss-reactive ketones (excluding diaryl/α,β-unsaturated/α-hetero) is 1. The van der Waals surface area contributed by atoms with Crippen molar-refractivity contribution >= 4 is 17.6 Å². The van der Waals surface area contributed by atoms with E-state index in [9.17, 15) is 9.90 Å². The molecule has 2 aromatic rings. The lowest BCUT2D eigenvalue weighted by molar-refractivity contribution is -0.756. The van der Waals surface area contributed by atoms with Gasteiger partial charge in [0.25, 0.3) is 0 Å². The van der Waals surface area contributed by atoms with E-state index in [1.165, 1.54) is 18.5 Å². The summed E-state index contributed by atoms with van der Waals surface area (Å²) in [5, 5.41) is 14.7. The van der Waals surface area contributed by atoms with E-state index in [0.29, 0.717) is 6.54 Å². The molecule has 0 radical (unpaired) electrons. The predicted molar refractivity (Wildman–Crippen MR) is 65.0 cm³/mol. The highest BCUT2D eigenvalue weighted by atomic mass is 16.5. The van der Waals surface area contributed by atoms with E-state index in [2.05, 4.69) is 10.3 Å². The lowest BCUT2D eigenvalue weighted by Crippen LogP contribution is -2.41. The third-order valence-electron chi connectivity index (χ3n) is 2.45. The Labute approximate surface area is 110 Å². The summed E-state index contributed by atoms with van der Waals surface area (Å²) in [5.41, 5.74) is 1.16. The summed E-state index contributed by atoms with van der Waals surface area (Å²) in [6.45, 7) is 3.05. The molecule has 0 saturated heterocycles. The van der Waals surface area contributed by atoms with Gasteiger partial charge in [-0.2, -0.15) is 0 Å². The van der Waals surface area contributed by atoms with E-state index in [4.69, 9.17) is 4.52 Å². The summed E-state index contributed by atoms with van der Waals surface area (Å²) >= 11 is 0. The monoisotopic (exact) mass is 259 g/mol. The van der Waals surface area contributed by atoms with E-state index >= 15 is 0 Å². The van der Waals surface area contributed by atoms with Gasteiger partial charge in [-0.15, -0.1) is 0 Å². The van der Waals surface area contributed by atoms with Crippen molar-refractivity contribution in [3.8, 4) is 0 Å². The highest BCUT2D eigenvalue weighted by Gasteiger charge is 2.28. The SMILES string of the molecule is CC(=O)c1c(/N=C(/C)[O-])on[n+]1Cc1ccccc1. The Hall–Kier alpha value is -2.50. The number of benzene rings is 1. The molecule has 1 aromatic carbocycles. The van der Waals surface area contributed by atoms with Crippen LogP contribution < -0.4 is 9.79 Å². The molecule has 1 heterocycles. The maximum atomic E-state index is 11.6. The normalized spacial score (nSPS) is 11.6. The number of rotatable bonds is 4. The van der Waals surface area contributed by atoms with Gasteiger partial charge in [0.05, 0.1) is 0 Å².